The van der Waals surface area contributed by atoms with E-state index in [0.29, 0.717) is 40.1 Å². The van der Waals surface area contributed by atoms with Crippen molar-refractivity contribution in [1.82, 2.24) is 19.5 Å². The lowest BCUT2D eigenvalue weighted by Gasteiger charge is -2.20. The Morgan fingerprint density at radius 3 is 2.71 bits per heavy atom. The normalized spacial score (nSPS) is 13.5. The Hall–Kier alpha value is -2.58. The van der Waals surface area contributed by atoms with Crippen molar-refractivity contribution in [2.45, 2.75) is 52.4 Å². The second-order valence-electron chi connectivity index (χ2n) is 6.62. The van der Waals surface area contributed by atoms with E-state index < -0.39 is 6.10 Å². The van der Waals surface area contributed by atoms with Crippen LogP contribution < -0.4 is 10.6 Å². The topological polar surface area (TPSA) is 108 Å². The summed E-state index contributed by atoms with van der Waals surface area (Å²) in [5.41, 5.74) is 1.98. The van der Waals surface area contributed by atoms with Gasteiger partial charge in [0.2, 0.25) is 5.95 Å². The van der Waals surface area contributed by atoms with Crippen molar-refractivity contribution >= 4 is 34.5 Å². The molecule has 150 valence electrons. The van der Waals surface area contributed by atoms with Crippen LogP contribution in [0.3, 0.4) is 0 Å². The van der Waals surface area contributed by atoms with Gasteiger partial charge in [0.25, 0.3) is 0 Å². The van der Waals surface area contributed by atoms with Gasteiger partial charge in [-0.3, -0.25) is 0 Å². The number of nitrogens with one attached hydrogen (secondary N) is 2. The number of fused-ring (bicyclic) bond motifs is 1. The molecule has 2 aromatic heterocycles. The van der Waals surface area contributed by atoms with Crippen LogP contribution in [0, 0.1) is 0 Å². The molecule has 1 aromatic carbocycles. The minimum atomic E-state index is -0.541. The molecule has 3 rings (SSSR count). The smallest absolute Gasteiger partial charge is 0.227 e. The predicted octanol–water partition coefficient (Wildman–Crippen LogP) is 3.39. The Morgan fingerprint density at radius 2 is 2.04 bits per heavy atom. The minimum absolute atomic E-state index is 0.153. The van der Waals surface area contributed by atoms with Crippen LogP contribution in [0.2, 0.25) is 5.02 Å². The highest BCUT2D eigenvalue weighted by molar-refractivity contribution is 6.30. The van der Waals surface area contributed by atoms with Crippen molar-refractivity contribution in [2.24, 2.45) is 0 Å². The first-order chi connectivity index (χ1) is 13.4. The maximum Gasteiger partial charge on any atom is 0.227 e. The van der Waals surface area contributed by atoms with E-state index in [0.717, 1.165) is 13.0 Å². The number of nitrogens with zero attached hydrogens (tertiary/aromatic N) is 4. The van der Waals surface area contributed by atoms with Crippen molar-refractivity contribution in [3.05, 3.63) is 35.1 Å². The number of rotatable bonds is 8. The molecule has 0 saturated heterocycles. The van der Waals surface area contributed by atoms with Crippen LogP contribution in [0.25, 0.3) is 11.2 Å². The molecule has 0 aliphatic rings. The van der Waals surface area contributed by atoms with Crippen molar-refractivity contribution in [3.63, 3.8) is 0 Å². The monoisotopic (exact) mass is 404 g/mol. The Morgan fingerprint density at radius 1 is 1.25 bits per heavy atom. The third-order valence-corrected chi connectivity index (χ3v) is 4.86. The number of aromatic nitrogens is 4. The lowest BCUT2D eigenvalue weighted by Crippen LogP contribution is -2.31. The highest BCUT2D eigenvalue weighted by atomic mass is 35.5. The average Bonchev–Trinajstić information content (AvgIpc) is 3.09. The molecule has 28 heavy (non-hydrogen) atoms. The number of benzene rings is 1. The average molecular weight is 405 g/mol. The van der Waals surface area contributed by atoms with Gasteiger partial charge < -0.3 is 25.4 Å². The molecule has 2 atom stereocenters. The van der Waals surface area contributed by atoms with Crippen LogP contribution in [0.5, 0.6) is 5.75 Å². The SMILES string of the molecule is CCC(Nc1nc(NCc2cc(Cl)ccc2O)c2ncn(CC)c2n1)C(C)O. The van der Waals surface area contributed by atoms with Crippen LogP contribution >= 0.6 is 11.6 Å². The zero-order valence-corrected chi connectivity index (χ0v) is 16.9. The summed E-state index contributed by atoms with van der Waals surface area (Å²) in [6.45, 7) is 6.77. The van der Waals surface area contributed by atoms with Gasteiger partial charge >= 0.3 is 0 Å². The third-order valence-electron chi connectivity index (χ3n) is 4.63. The molecular weight excluding hydrogens is 380 g/mol. The highest BCUT2D eigenvalue weighted by Gasteiger charge is 2.18. The first kappa shape index (κ1) is 20.2. The maximum atomic E-state index is 10.0. The molecule has 2 heterocycles. The van der Waals surface area contributed by atoms with Crippen LogP contribution in [-0.4, -0.2) is 41.9 Å². The number of aliphatic hydroxyl groups is 1. The molecule has 0 amide bonds. The van der Waals surface area contributed by atoms with E-state index in [1.54, 1.807) is 31.5 Å². The zero-order chi connectivity index (χ0) is 20.3. The summed E-state index contributed by atoms with van der Waals surface area (Å²) in [4.78, 5) is 13.6. The number of imidazole rings is 1. The molecule has 0 spiro atoms. The van der Waals surface area contributed by atoms with Gasteiger partial charge in [-0.25, -0.2) is 4.98 Å². The summed E-state index contributed by atoms with van der Waals surface area (Å²) in [5, 5.41) is 26.9. The molecule has 0 fully saturated rings. The number of aliphatic hydroxyl groups excluding tert-OH is 1. The molecule has 3 aromatic rings. The summed E-state index contributed by atoms with van der Waals surface area (Å²) in [7, 11) is 0. The fourth-order valence-electron chi connectivity index (χ4n) is 2.97. The van der Waals surface area contributed by atoms with Crippen LogP contribution in [-0.2, 0) is 13.1 Å². The highest BCUT2D eigenvalue weighted by Crippen LogP contribution is 2.25. The van der Waals surface area contributed by atoms with Crippen molar-refractivity contribution in [1.29, 1.82) is 0 Å². The molecule has 0 radical (unpaired) electrons. The molecule has 0 aliphatic heterocycles. The Bertz CT molecular complexity index is 959. The predicted molar refractivity (Wildman–Crippen MR) is 111 cm³/mol. The van der Waals surface area contributed by atoms with Crippen molar-refractivity contribution in [2.75, 3.05) is 10.6 Å². The fourth-order valence-corrected chi connectivity index (χ4v) is 3.16. The van der Waals surface area contributed by atoms with E-state index in [4.69, 9.17) is 11.6 Å². The molecule has 0 saturated carbocycles. The van der Waals surface area contributed by atoms with Crippen molar-refractivity contribution in [3.8, 4) is 5.75 Å². The second kappa shape index (κ2) is 8.62. The number of aryl methyl sites for hydroxylation is 1. The van der Waals surface area contributed by atoms with Gasteiger partial charge in [-0.1, -0.05) is 18.5 Å². The van der Waals surface area contributed by atoms with E-state index in [1.165, 1.54) is 0 Å². The number of phenols is 1. The second-order valence-corrected chi connectivity index (χ2v) is 7.06. The van der Waals surface area contributed by atoms with E-state index in [9.17, 15) is 10.2 Å². The van der Waals surface area contributed by atoms with Crippen LogP contribution in [0.15, 0.2) is 24.5 Å². The molecule has 0 aliphatic carbocycles. The summed E-state index contributed by atoms with van der Waals surface area (Å²) in [6.07, 6.45) is 1.91. The van der Waals surface area contributed by atoms with Crippen LogP contribution in [0.4, 0.5) is 11.8 Å². The number of aromatic hydroxyl groups is 1. The van der Waals surface area contributed by atoms with E-state index >= 15 is 0 Å². The summed E-state index contributed by atoms with van der Waals surface area (Å²) in [6, 6.07) is 4.73. The number of halogens is 1. The first-order valence-electron chi connectivity index (χ1n) is 9.31. The fraction of sp³-hybridized carbons (Fsp3) is 0.421. The van der Waals surface area contributed by atoms with Crippen molar-refractivity contribution < 1.29 is 10.2 Å². The molecular formula is C19H25ClN6O2. The Kier molecular flexibility index (Phi) is 6.21. The molecule has 0 bridgehead atoms. The van der Waals surface area contributed by atoms with Gasteiger partial charge in [-0.05, 0) is 38.5 Å². The van der Waals surface area contributed by atoms with Gasteiger partial charge in [0.15, 0.2) is 17.0 Å². The number of hydrogen-bond donors (Lipinski definition) is 4. The van der Waals surface area contributed by atoms with E-state index in [1.807, 2.05) is 18.4 Å². The molecule has 2 unspecified atom stereocenters. The summed E-state index contributed by atoms with van der Waals surface area (Å²) in [5.74, 6) is 1.10. The third kappa shape index (κ3) is 4.28. The maximum absolute atomic E-state index is 10.0. The van der Waals surface area contributed by atoms with E-state index in [2.05, 4.69) is 25.6 Å². The zero-order valence-electron chi connectivity index (χ0n) is 16.1. The first-order valence-corrected chi connectivity index (χ1v) is 9.69. The standard InChI is InChI=1S/C19H25ClN6O2/c1-4-14(11(3)27)23-19-24-17(16-18(25-19)26(5-2)10-22-16)21-9-12-8-13(20)6-7-15(12)28/h6-8,10-11,14,27-28H,4-5,9H2,1-3H3,(H2,21,23,24,25). The van der Waals surface area contributed by atoms with Gasteiger partial charge in [0, 0.05) is 23.7 Å². The van der Waals surface area contributed by atoms with Gasteiger partial charge in [0.05, 0.1) is 18.5 Å². The van der Waals surface area contributed by atoms with E-state index in [-0.39, 0.29) is 11.8 Å². The largest absolute Gasteiger partial charge is 0.508 e. The number of hydrogen-bond acceptors (Lipinski definition) is 7. The van der Waals surface area contributed by atoms with Gasteiger partial charge in [0.1, 0.15) is 5.75 Å². The summed E-state index contributed by atoms with van der Waals surface area (Å²) < 4.78 is 1.92. The van der Waals surface area contributed by atoms with Gasteiger partial charge in [-0.15, -0.1) is 0 Å². The minimum Gasteiger partial charge on any atom is -0.508 e. The number of phenolic OH excluding ortho intramolecular Hbond substituents is 1. The Labute approximate surface area is 168 Å². The van der Waals surface area contributed by atoms with Crippen LogP contribution in [0.1, 0.15) is 32.8 Å². The molecule has 8 nitrogen and oxygen atoms in total. The summed E-state index contributed by atoms with van der Waals surface area (Å²) >= 11 is 6.03. The quantitative estimate of drug-likeness (QED) is 0.455. The van der Waals surface area contributed by atoms with Gasteiger partial charge in [-0.2, -0.15) is 9.97 Å². The lowest BCUT2D eigenvalue weighted by molar-refractivity contribution is 0.169. The lowest BCUT2D eigenvalue weighted by atomic mass is 10.1. The Balaban J connectivity index is 1.95. The number of anilines is 2. The molecule has 4 N–H and O–H groups in total. The molecule has 9 heteroatoms.